The van der Waals surface area contributed by atoms with Crippen LogP contribution in [0.1, 0.15) is 297 Å². The largest absolute Gasteiger partial charge is 0.480 e. The van der Waals surface area contributed by atoms with Gasteiger partial charge < -0.3 is 73.9 Å². The zero-order valence-electron chi connectivity index (χ0n) is 70.4. The van der Waals surface area contributed by atoms with Crippen molar-refractivity contribution < 1.29 is 121 Å². The van der Waals surface area contributed by atoms with Crippen LogP contribution in [0.3, 0.4) is 0 Å². The molecular weight excluding hydrogens is 1480 g/mol. The van der Waals surface area contributed by atoms with Gasteiger partial charge in [-0.15, -0.1) is 0 Å². The number of carboxylic acids is 6. The van der Waals surface area contributed by atoms with Gasteiger partial charge in [0.2, 0.25) is 0 Å². The smallest absolute Gasteiger partial charge is 0.332 e. The predicted octanol–water partition coefficient (Wildman–Crippen LogP) is 12.1. The summed E-state index contributed by atoms with van der Waals surface area (Å²) in [7, 11) is 0. The molecule has 114 heavy (non-hydrogen) atoms. The van der Waals surface area contributed by atoms with Gasteiger partial charge in [-0.05, 0) is 19.3 Å². The maximum absolute atomic E-state index is 13.5. The Hall–Kier alpha value is -5.83. The van der Waals surface area contributed by atoms with Crippen molar-refractivity contribution in [3.63, 3.8) is 0 Å². The molecule has 0 rings (SSSR count). The van der Waals surface area contributed by atoms with Crippen LogP contribution in [0.5, 0.6) is 0 Å². The van der Waals surface area contributed by atoms with Crippen LogP contribution >= 0.6 is 0 Å². The molecule has 7 N–H and O–H groups in total. The van der Waals surface area contributed by atoms with E-state index in [1.165, 1.54) is 183 Å². The van der Waals surface area contributed by atoms with Crippen LogP contribution in [0.15, 0.2) is 0 Å². The number of ketones is 2. The summed E-state index contributed by atoms with van der Waals surface area (Å²) in [6.07, 6.45) is 46.4. The third-order valence-electron chi connectivity index (χ3n) is 19.7. The lowest BCUT2D eigenvalue weighted by molar-refractivity contribution is -0.185. The molecule has 1 atom stereocenters. The van der Waals surface area contributed by atoms with Gasteiger partial charge in [-0.25, -0.2) is 4.79 Å². The number of hydrogen-bond donors (Lipinski definition) is 7. The highest BCUT2D eigenvalue weighted by Gasteiger charge is 2.37. The maximum atomic E-state index is 13.5. The summed E-state index contributed by atoms with van der Waals surface area (Å²) in [4.78, 5) is 141. The summed E-state index contributed by atoms with van der Waals surface area (Å²) in [6, 6.07) is -1.23. The van der Waals surface area contributed by atoms with Crippen molar-refractivity contribution >= 4 is 65.3 Å². The van der Waals surface area contributed by atoms with Crippen LogP contribution in [0, 0.1) is 0 Å². The first-order valence-corrected chi connectivity index (χ1v) is 43.4. The molecule has 30 heteroatoms. The van der Waals surface area contributed by atoms with E-state index < -0.39 is 118 Å². The highest BCUT2D eigenvalue weighted by molar-refractivity contribution is 5.80. The number of esters is 3. The molecule has 0 radical (unpaired) electrons. The summed E-state index contributed by atoms with van der Waals surface area (Å²) in [6.45, 7) is -0.308. The number of carboxylic acid groups (broad SMARTS) is 6. The molecule has 0 spiro atoms. The summed E-state index contributed by atoms with van der Waals surface area (Å²) < 4.78 is 46.1. The quantitative estimate of drug-likeness (QED) is 0.0169. The van der Waals surface area contributed by atoms with Crippen molar-refractivity contribution in [2.75, 3.05) is 164 Å². The minimum Gasteiger partial charge on any atom is -0.480 e. The molecule has 0 aromatic heterocycles. The van der Waals surface area contributed by atoms with E-state index >= 15 is 0 Å². The molecule has 30 nitrogen and oxygen atoms in total. The molecule has 0 aromatic rings. The van der Waals surface area contributed by atoms with E-state index in [1.54, 1.807) is 0 Å². The normalized spacial score (nSPS) is 12.0. The summed E-state index contributed by atoms with van der Waals surface area (Å²) in [5.41, 5.74) is -1.56. The molecular formula is C84H153N5O25. The number of Topliss-reactive ketones (excluding diaryl/α,β-unsaturated/α-hetero) is 2. The van der Waals surface area contributed by atoms with Gasteiger partial charge in [0.1, 0.15) is 39.6 Å². The predicted molar refractivity (Wildman–Crippen MR) is 434 cm³/mol. The first-order valence-electron chi connectivity index (χ1n) is 43.4. The Morgan fingerprint density at radius 3 is 1.04 bits per heavy atom. The Labute approximate surface area is 681 Å². The fourth-order valence-electron chi connectivity index (χ4n) is 13.1. The van der Waals surface area contributed by atoms with Crippen molar-refractivity contribution in [2.45, 2.75) is 309 Å². The maximum Gasteiger partial charge on any atom is 0.332 e. The second-order valence-electron chi connectivity index (χ2n) is 30.4. The van der Waals surface area contributed by atoms with Crippen LogP contribution < -0.4 is 5.32 Å². The van der Waals surface area contributed by atoms with Crippen LogP contribution in [-0.2, 0) is 90.6 Å². The average molecular weight is 1630 g/mol. The number of nitrogens with one attached hydrogen (secondary N) is 1. The molecule has 1 unspecified atom stereocenters. The first kappa shape index (κ1) is 108. The minimum absolute atomic E-state index is 0.0349. The molecule has 0 aliphatic carbocycles. The lowest BCUT2D eigenvalue weighted by atomic mass is 10.0. The van der Waals surface area contributed by atoms with Crippen molar-refractivity contribution in [2.24, 2.45) is 0 Å². The third-order valence-corrected chi connectivity index (χ3v) is 19.7. The number of nitrogens with zero attached hydrogens (tertiary/aromatic N) is 4. The Balaban J connectivity index is 5.64. The van der Waals surface area contributed by atoms with Crippen LogP contribution in [0.25, 0.3) is 0 Å². The third kappa shape index (κ3) is 72.6. The fraction of sp³-hybridized carbons (Fsp3) is 0.869. The first-order chi connectivity index (χ1) is 55.0. The Kier molecular flexibility index (Phi) is 73.2. The summed E-state index contributed by atoms with van der Waals surface area (Å²) in [5.74, 6) is -10.4. The molecule has 0 aliphatic rings. The molecule has 0 aliphatic heterocycles. The molecule has 664 valence electrons. The molecule has 0 fully saturated rings. The highest BCUT2D eigenvalue weighted by Crippen LogP contribution is 2.21. The Morgan fingerprint density at radius 1 is 0.307 bits per heavy atom. The minimum atomic E-state index is -1.56. The van der Waals surface area contributed by atoms with E-state index in [1.807, 2.05) is 0 Å². The number of carbonyl (C=O) groups excluding carboxylic acids is 5. The van der Waals surface area contributed by atoms with Gasteiger partial charge >= 0.3 is 53.7 Å². The van der Waals surface area contributed by atoms with Crippen molar-refractivity contribution in [1.82, 2.24) is 24.9 Å². The number of rotatable bonds is 90. The van der Waals surface area contributed by atoms with E-state index in [-0.39, 0.29) is 130 Å². The summed E-state index contributed by atoms with van der Waals surface area (Å²) in [5, 5.41) is 60.2. The monoisotopic (exact) mass is 1630 g/mol. The second kappa shape index (κ2) is 77.1. The van der Waals surface area contributed by atoms with Crippen LogP contribution in [0.2, 0.25) is 0 Å². The molecule has 0 aromatic carbocycles. The lowest BCUT2D eigenvalue weighted by Crippen LogP contribution is -2.52. The van der Waals surface area contributed by atoms with Crippen molar-refractivity contribution in [3.8, 4) is 0 Å². The van der Waals surface area contributed by atoms with Crippen LogP contribution in [0.4, 0.5) is 0 Å². The van der Waals surface area contributed by atoms with Gasteiger partial charge in [0.05, 0.1) is 85.0 Å². The van der Waals surface area contributed by atoms with Gasteiger partial charge in [0.15, 0.2) is 17.2 Å². The number of unbranched alkanes of at least 4 members (excludes halogenated alkanes) is 36. The molecule has 0 heterocycles. The van der Waals surface area contributed by atoms with Crippen molar-refractivity contribution in [1.29, 1.82) is 0 Å². The number of hydrogen-bond acceptors (Lipinski definition) is 24. The number of carbonyl (C=O) groups is 11. The van der Waals surface area contributed by atoms with Gasteiger partial charge in [0, 0.05) is 71.5 Å². The van der Waals surface area contributed by atoms with E-state index in [2.05, 4.69) is 26.1 Å². The van der Waals surface area contributed by atoms with E-state index in [4.69, 9.17) is 37.9 Å². The Morgan fingerprint density at radius 2 is 0.640 bits per heavy atom. The average Bonchev–Trinajstić information content (AvgIpc) is 0.852. The number of ether oxygens (including phenoxy) is 8. The molecule has 0 bridgehead atoms. The molecule has 0 amide bonds. The zero-order chi connectivity index (χ0) is 84.2. The van der Waals surface area contributed by atoms with Gasteiger partial charge in [0.25, 0.3) is 0 Å². The summed E-state index contributed by atoms with van der Waals surface area (Å²) >= 11 is 0. The Bertz CT molecular complexity index is 2340. The standard InChI is InChI=1S/C84H153N5O25/c1-4-7-10-13-16-19-22-25-28-31-34-37-40-43-73(90)67-114-84(70-112-81(104)44-41-38-35-32-29-26-23-20-17-14-11-8-5-2,71-113-82(105)45-42-39-36-33-30-27-24-21-18-15-12-9-6-3)69-110-66-74(91)46-47-85-48-53-107-54-55-108-56-57-109-68-83(106)111-65-72(89(63-79(100)101)64-80(102)103)58-87(60-76(94)95)51-49-86(59-75(92)93)50-52-88(61-77(96)97)62-78(98)99/h72,85H,4-71H2,1-3H3,(H,92,93)(H,94,95)(H,96,97)(H,98,99)(H,100,101)(H,102,103). The lowest BCUT2D eigenvalue weighted by Gasteiger charge is -2.34. The van der Waals surface area contributed by atoms with Gasteiger partial charge in [-0.3, -0.25) is 67.5 Å². The van der Waals surface area contributed by atoms with Gasteiger partial charge in [-0.1, -0.05) is 252 Å². The van der Waals surface area contributed by atoms with E-state index in [0.717, 1.165) is 67.6 Å². The zero-order valence-corrected chi connectivity index (χ0v) is 70.4. The van der Waals surface area contributed by atoms with E-state index in [0.29, 0.717) is 38.8 Å². The fourth-order valence-corrected chi connectivity index (χ4v) is 13.1. The van der Waals surface area contributed by atoms with Crippen molar-refractivity contribution in [3.05, 3.63) is 0 Å². The highest BCUT2D eigenvalue weighted by atomic mass is 16.6. The molecule has 0 saturated heterocycles. The van der Waals surface area contributed by atoms with Crippen LogP contribution in [-0.4, -0.2) is 292 Å². The number of aliphatic carboxylic acids is 6. The van der Waals surface area contributed by atoms with E-state index in [9.17, 15) is 83.4 Å². The molecule has 0 saturated carbocycles. The van der Waals surface area contributed by atoms with Gasteiger partial charge in [-0.2, -0.15) is 0 Å². The SMILES string of the molecule is CCCCCCCCCCCCCCCC(=O)COC(COCC(=O)CCNCCOCCOCCOCC(=O)OCC(CN(CCN(CCN(CC(=O)O)CC(=O)O)CC(=O)O)CC(=O)O)N(CC(=O)O)CC(=O)O)(COC(=O)CCCCCCCCCCCCCCC)COC(=O)CCCCCCCCCCCCCCC. The topological polar surface area (TPSA) is 408 Å². The second-order valence-corrected chi connectivity index (χ2v) is 30.4.